The van der Waals surface area contributed by atoms with Crippen molar-refractivity contribution < 1.29 is 0 Å². The molecular weight excluding hydrogens is 374 g/mol. The molecule has 0 aliphatic heterocycles. The lowest BCUT2D eigenvalue weighted by Crippen LogP contribution is -2.38. The smallest absolute Gasteiger partial charge is 0.191 e. The molecule has 0 spiro atoms. The predicted molar refractivity (Wildman–Crippen MR) is 122 cm³/mol. The standard InChI is InChI=1S/C23H29N7/c1-3-17-8-7-9-19-18(16-27-22(17)19)11-13-25-23(24-4-2)26-14-12-21-29-28-20-10-5-6-15-30(20)21/h5-10,15-16,27H,3-4,11-14H2,1-2H3,(H2,24,25,26). The number of H-pyrrole nitrogens is 1. The van der Waals surface area contributed by atoms with Gasteiger partial charge >= 0.3 is 0 Å². The molecule has 0 saturated carbocycles. The van der Waals surface area contributed by atoms with E-state index in [0.29, 0.717) is 6.54 Å². The first-order valence-corrected chi connectivity index (χ1v) is 10.7. The Balaban J connectivity index is 1.35. The zero-order chi connectivity index (χ0) is 20.8. The zero-order valence-electron chi connectivity index (χ0n) is 17.7. The molecule has 0 amide bonds. The van der Waals surface area contributed by atoms with Crippen LogP contribution in [0.3, 0.4) is 0 Å². The van der Waals surface area contributed by atoms with Gasteiger partial charge < -0.3 is 15.6 Å². The Morgan fingerprint density at radius 2 is 1.97 bits per heavy atom. The van der Waals surface area contributed by atoms with E-state index in [-0.39, 0.29) is 0 Å². The molecule has 3 aromatic heterocycles. The number of para-hydroxylation sites is 1. The van der Waals surface area contributed by atoms with Gasteiger partial charge in [0.2, 0.25) is 0 Å². The average Bonchev–Trinajstić information content (AvgIpc) is 3.38. The topological polar surface area (TPSA) is 82.4 Å². The third kappa shape index (κ3) is 4.30. The number of nitrogens with zero attached hydrogens (tertiary/aromatic N) is 4. The summed E-state index contributed by atoms with van der Waals surface area (Å²) in [6.07, 6.45) is 6.83. The molecule has 0 atom stereocenters. The molecule has 0 aliphatic carbocycles. The van der Waals surface area contributed by atoms with Crippen LogP contribution in [0.25, 0.3) is 16.6 Å². The summed E-state index contributed by atoms with van der Waals surface area (Å²) >= 11 is 0. The predicted octanol–water partition coefficient (Wildman–Crippen LogP) is 3.11. The highest BCUT2D eigenvalue weighted by atomic mass is 15.2. The number of aromatic amines is 1. The zero-order valence-corrected chi connectivity index (χ0v) is 17.7. The molecular formula is C23H29N7. The minimum atomic E-state index is 0.651. The molecule has 3 N–H and O–H groups in total. The first-order chi connectivity index (χ1) is 14.8. The Morgan fingerprint density at radius 1 is 1.03 bits per heavy atom. The first-order valence-electron chi connectivity index (χ1n) is 10.7. The molecule has 0 saturated heterocycles. The number of nitrogens with one attached hydrogen (secondary N) is 3. The molecule has 4 rings (SSSR count). The molecule has 7 nitrogen and oxygen atoms in total. The molecule has 7 heteroatoms. The van der Waals surface area contributed by atoms with Crippen molar-refractivity contribution in [3.63, 3.8) is 0 Å². The van der Waals surface area contributed by atoms with Gasteiger partial charge in [-0.1, -0.05) is 31.2 Å². The highest BCUT2D eigenvalue weighted by Crippen LogP contribution is 2.22. The number of aryl methyl sites for hydroxylation is 1. The number of benzene rings is 1. The van der Waals surface area contributed by atoms with Gasteiger partial charge in [-0.05, 0) is 43.0 Å². The van der Waals surface area contributed by atoms with Crippen molar-refractivity contribution in [1.29, 1.82) is 0 Å². The highest BCUT2D eigenvalue weighted by molar-refractivity contribution is 5.86. The van der Waals surface area contributed by atoms with Crippen molar-refractivity contribution >= 4 is 22.5 Å². The Bertz CT molecular complexity index is 1140. The Hall–Kier alpha value is -3.35. The Labute approximate surface area is 176 Å². The van der Waals surface area contributed by atoms with E-state index in [1.807, 2.05) is 28.8 Å². The maximum absolute atomic E-state index is 4.71. The summed E-state index contributed by atoms with van der Waals surface area (Å²) in [5.74, 6) is 1.76. The summed E-state index contributed by atoms with van der Waals surface area (Å²) in [7, 11) is 0. The van der Waals surface area contributed by atoms with E-state index in [2.05, 4.69) is 64.1 Å². The second kappa shape index (κ2) is 9.43. The summed E-state index contributed by atoms with van der Waals surface area (Å²) < 4.78 is 2.01. The van der Waals surface area contributed by atoms with Gasteiger partial charge in [0, 0.05) is 49.4 Å². The largest absolute Gasteiger partial charge is 0.361 e. The van der Waals surface area contributed by atoms with Gasteiger partial charge in [0.1, 0.15) is 5.82 Å². The van der Waals surface area contributed by atoms with Gasteiger partial charge in [0.25, 0.3) is 0 Å². The fraction of sp³-hybridized carbons (Fsp3) is 0.348. The number of hydrogen-bond donors (Lipinski definition) is 3. The average molecular weight is 404 g/mol. The normalized spacial score (nSPS) is 12.0. The molecule has 156 valence electrons. The number of pyridine rings is 1. The van der Waals surface area contributed by atoms with Crippen LogP contribution >= 0.6 is 0 Å². The Morgan fingerprint density at radius 3 is 2.83 bits per heavy atom. The van der Waals surface area contributed by atoms with Crippen molar-refractivity contribution in [3.8, 4) is 0 Å². The number of rotatable bonds is 8. The van der Waals surface area contributed by atoms with Gasteiger partial charge in [-0.2, -0.15) is 0 Å². The van der Waals surface area contributed by atoms with E-state index in [1.54, 1.807) is 0 Å². The van der Waals surface area contributed by atoms with Gasteiger partial charge in [-0.3, -0.25) is 9.39 Å². The third-order valence-corrected chi connectivity index (χ3v) is 5.29. The quantitative estimate of drug-likeness (QED) is 0.312. The van der Waals surface area contributed by atoms with Crippen molar-refractivity contribution in [3.05, 3.63) is 65.7 Å². The van der Waals surface area contributed by atoms with E-state index in [1.165, 1.54) is 22.0 Å². The maximum atomic E-state index is 4.71. The van der Waals surface area contributed by atoms with Crippen LogP contribution in [-0.4, -0.2) is 45.2 Å². The van der Waals surface area contributed by atoms with E-state index in [0.717, 1.165) is 49.8 Å². The molecule has 0 aliphatic rings. The summed E-state index contributed by atoms with van der Waals surface area (Å²) in [4.78, 5) is 8.16. The van der Waals surface area contributed by atoms with E-state index < -0.39 is 0 Å². The van der Waals surface area contributed by atoms with E-state index in [9.17, 15) is 0 Å². The van der Waals surface area contributed by atoms with Crippen LogP contribution in [0.15, 0.2) is 53.8 Å². The van der Waals surface area contributed by atoms with Gasteiger partial charge in [0.05, 0.1) is 0 Å². The SMILES string of the molecule is CCNC(=NCCc1nnc2ccccn12)NCCc1c[nH]c2c(CC)cccc12. The van der Waals surface area contributed by atoms with E-state index in [4.69, 9.17) is 4.99 Å². The molecule has 0 unspecified atom stereocenters. The van der Waals surface area contributed by atoms with Gasteiger partial charge in [-0.25, -0.2) is 0 Å². The molecule has 3 heterocycles. The highest BCUT2D eigenvalue weighted by Gasteiger charge is 2.07. The second-order valence-electron chi connectivity index (χ2n) is 7.24. The Kier molecular flexibility index (Phi) is 6.27. The summed E-state index contributed by atoms with van der Waals surface area (Å²) in [6, 6.07) is 12.4. The van der Waals surface area contributed by atoms with Crippen LogP contribution in [0.5, 0.6) is 0 Å². The van der Waals surface area contributed by atoms with Crippen LogP contribution in [-0.2, 0) is 19.3 Å². The van der Waals surface area contributed by atoms with Crippen molar-refractivity contribution in [2.75, 3.05) is 19.6 Å². The van der Waals surface area contributed by atoms with Crippen molar-refractivity contribution in [2.24, 2.45) is 4.99 Å². The number of guanidine groups is 1. The fourth-order valence-electron chi connectivity index (χ4n) is 3.76. The van der Waals surface area contributed by atoms with Crippen LogP contribution in [0.1, 0.15) is 30.8 Å². The third-order valence-electron chi connectivity index (χ3n) is 5.29. The molecule has 1 aromatic carbocycles. The van der Waals surface area contributed by atoms with E-state index >= 15 is 0 Å². The molecule has 30 heavy (non-hydrogen) atoms. The molecule has 4 aromatic rings. The monoisotopic (exact) mass is 403 g/mol. The number of fused-ring (bicyclic) bond motifs is 2. The number of hydrogen-bond acceptors (Lipinski definition) is 3. The number of aliphatic imine (C=N–C) groups is 1. The molecule has 0 bridgehead atoms. The minimum absolute atomic E-state index is 0.651. The first kappa shape index (κ1) is 19.9. The maximum Gasteiger partial charge on any atom is 0.191 e. The second-order valence-corrected chi connectivity index (χ2v) is 7.24. The van der Waals surface area contributed by atoms with Crippen LogP contribution in [0.4, 0.5) is 0 Å². The summed E-state index contributed by atoms with van der Waals surface area (Å²) in [5.41, 5.74) is 4.82. The fourth-order valence-corrected chi connectivity index (χ4v) is 3.76. The van der Waals surface area contributed by atoms with Crippen LogP contribution in [0, 0.1) is 0 Å². The van der Waals surface area contributed by atoms with Gasteiger partial charge in [-0.15, -0.1) is 10.2 Å². The van der Waals surface area contributed by atoms with Crippen molar-refractivity contribution in [2.45, 2.75) is 33.1 Å². The number of aromatic nitrogens is 4. The summed E-state index contributed by atoms with van der Waals surface area (Å²) in [5, 5.41) is 16.6. The summed E-state index contributed by atoms with van der Waals surface area (Å²) in [6.45, 7) is 6.57. The van der Waals surface area contributed by atoms with Gasteiger partial charge in [0.15, 0.2) is 11.6 Å². The lowest BCUT2D eigenvalue weighted by atomic mass is 10.1. The molecule has 0 fully saturated rings. The van der Waals surface area contributed by atoms with Crippen molar-refractivity contribution in [1.82, 2.24) is 30.2 Å². The lowest BCUT2D eigenvalue weighted by molar-refractivity contribution is 0.787. The van der Waals surface area contributed by atoms with Crippen LogP contribution < -0.4 is 10.6 Å². The molecule has 0 radical (unpaired) electrons. The minimum Gasteiger partial charge on any atom is -0.361 e. The van der Waals surface area contributed by atoms with Crippen LogP contribution in [0.2, 0.25) is 0 Å². The lowest BCUT2D eigenvalue weighted by Gasteiger charge is -2.11.